The number of benzene rings is 3. The van der Waals surface area contributed by atoms with Crippen molar-refractivity contribution in [3.05, 3.63) is 72.3 Å². The monoisotopic (exact) mass is 585 g/mol. The van der Waals surface area contributed by atoms with Crippen LogP contribution in [0.2, 0.25) is 0 Å². The van der Waals surface area contributed by atoms with Crippen LogP contribution < -0.4 is 24.4 Å². The number of nitrogens with zero attached hydrogens (tertiary/aromatic N) is 2. The molecule has 0 saturated carbocycles. The van der Waals surface area contributed by atoms with Crippen molar-refractivity contribution in [1.29, 1.82) is 0 Å². The van der Waals surface area contributed by atoms with E-state index >= 15 is 0 Å². The Hall–Kier alpha value is -4.83. The highest BCUT2D eigenvalue weighted by atomic mass is 16.5. The molecule has 3 aromatic carbocycles. The Kier molecular flexibility index (Phi) is 9.58. The fourth-order valence-electron chi connectivity index (χ4n) is 4.89. The average Bonchev–Trinajstić information content (AvgIpc) is 3.05. The number of fused-ring (bicyclic) bond motifs is 1. The molecule has 1 amide bonds. The van der Waals surface area contributed by atoms with Crippen LogP contribution in [0.25, 0.3) is 22.2 Å². The summed E-state index contributed by atoms with van der Waals surface area (Å²) >= 11 is 0. The zero-order valence-electron chi connectivity index (χ0n) is 24.6. The Morgan fingerprint density at radius 2 is 1.65 bits per heavy atom. The van der Waals surface area contributed by atoms with Gasteiger partial charge in [-0.1, -0.05) is 18.2 Å². The molecule has 5 rings (SSSR count). The van der Waals surface area contributed by atoms with Crippen molar-refractivity contribution in [2.24, 2.45) is 0 Å². The van der Waals surface area contributed by atoms with Crippen molar-refractivity contribution < 1.29 is 33.3 Å². The Bertz CT molecular complexity index is 1580. The van der Waals surface area contributed by atoms with Crippen LogP contribution in [0.4, 0.5) is 11.4 Å². The number of esters is 1. The number of anilines is 2. The van der Waals surface area contributed by atoms with Crippen molar-refractivity contribution in [3.8, 4) is 28.5 Å². The molecule has 1 aliphatic rings. The Balaban J connectivity index is 1.35. The maximum atomic E-state index is 13.3. The summed E-state index contributed by atoms with van der Waals surface area (Å²) < 4.78 is 28.0. The Morgan fingerprint density at radius 3 is 2.37 bits per heavy atom. The van der Waals surface area contributed by atoms with E-state index < -0.39 is 18.5 Å². The largest absolute Gasteiger partial charge is 0.497 e. The normalized spacial score (nSPS) is 13.0. The fourth-order valence-corrected chi connectivity index (χ4v) is 4.89. The molecule has 1 aliphatic heterocycles. The molecule has 0 spiro atoms. The summed E-state index contributed by atoms with van der Waals surface area (Å²) in [5.74, 6) is 0.688. The van der Waals surface area contributed by atoms with Crippen molar-refractivity contribution in [2.75, 3.05) is 63.5 Å². The van der Waals surface area contributed by atoms with Gasteiger partial charge in [0.15, 0.2) is 6.61 Å². The van der Waals surface area contributed by atoms with Crippen LogP contribution in [0.3, 0.4) is 0 Å². The number of carbonyl (C=O) groups excluding carboxylic acids is 2. The Labute approximate surface area is 250 Å². The van der Waals surface area contributed by atoms with Crippen LogP contribution >= 0.6 is 0 Å². The molecule has 43 heavy (non-hydrogen) atoms. The van der Waals surface area contributed by atoms with Crippen LogP contribution in [-0.4, -0.2) is 70.1 Å². The second-order valence-electron chi connectivity index (χ2n) is 9.71. The molecule has 2 heterocycles. The number of aromatic nitrogens is 1. The predicted octanol–water partition coefficient (Wildman–Crippen LogP) is 5.34. The lowest BCUT2D eigenvalue weighted by Gasteiger charge is -2.31. The number of amides is 1. The number of morpholine rings is 1. The molecule has 0 aliphatic carbocycles. The van der Waals surface area contributed by atoms with E-state index in [1.165, 1.54) is 0 Å². The third-order valence-electron chi connectivity index (χ3n) is 6.94. The summed E-state index contributed by atoms with van der Waals surface area (Å²) in [5, 5.41) is 3.46. The van der Waals surface area contributed by atoms with E-state index in [-0.39, 0.29) is 0 Å². The van der Waals surface area contributed by atoms with Gasteiger partial charge in [0.05, 0.1) is 61.7 Å². The lowest BCUT2D eigenvalue weighted by Crippen LogP contribution is -2.36. The van der Waals surface area contributed by atoms with E-state index in [0.29, 0.717) is 71.5 Å². The lowest BCUT2D eigenvalue weighted by molar-refractivity contribution is -0.119. The highest BCUT2D eigenvalue weighted by molar-refractivity contribution is 6.05. The smallest absolute Gasteiger partial charge is 0.339 e. The van der Waals surface area contributed by atoms with Crippen LogP contribution in [0, 0.1) is 0 Å². The van der Waals surface area contributed by atoms with Gasteiger partial charge in [-0.3, -0.25) is 4.79 Å². The number of hydrogen-bond acceptors (Lipinski definition) is 9. The van der Waals surface area contributed by atoms with E-state index in [1.54, 1.807) is 25.3 Å². The minimum atomic E-state index is -0.633. The molecule has 0 radical (unpaired) electrons. The first-order valence-corrected chi connectivity index (χ1v) is 14.3. The summed E-state index contributed by atoms with van der Waals surface area (Å²) in [5.41, 5.74) is 3.66. The fraction of sp³-hybridized carbons (Fsp3) is 0.303. The number of ether oxygens (including phenoxy) is 5. The van der Waals surface area contributed by atoms with Gasteiger partial charge in [0.25, 0.3) is 5.91 Å². The molecule has 1 aromatic heterocycles. The molecule has 1 fully saturated rings. The molecule has 10 nitrogen and oxygen atoms in total. The first-order valence-electron chi connectivity index (χ1n) is 14.3. The maximum absolute atomic E-state index is 13.3. The molecule has 224 valence electrons. The standard InChI is InChI=1S/C33H35N3O7/c1-4-41-30-20-29(36-14-16-40-17-15-36)31(42-5-2)19-28(30)35-32(37)21-43-33(38)25-18-27(22-10-12-23(39-3)13-11-22)34-26-9-7-6-8-24(25)26/h6-13,18-20H,4-5,14-17,21H2,1-3H3,(H,35,37). The number of hydrogen-bond donors (Lipinski definition) is 1. The second kappa shape index (κ2) is 13.9. The number of pyridine rings is 1. The van der Waals surface area contributed by atoms with Gasteiger partial charge in [-0.05, 0) is 50.2 Å². The van der Waals surface area contributed by atoms with Gasteiger partial charge < -0.3 is 33.9 Å². The van der Waals surface area contributed by atoms with Crippen LogP contribution in [-0.2, 0) is 14.3 Å². The van der Waals surface area contributed by atoms with Crippen molar-refractivity contribution in [3.63, 3.8) is 0 Å². The van der Waals surface area contributed by atoms with Crippen LogP contribution in [0.1, 0.15) is 24.2 Å². The van der Waals surface area contributed by atoms with Gasteiger partial charge in [-0.15, -0.1) is 0 Å². The van der Waals surface area contributed by atoms with E-state index in [2.05, 4.69) is 10.2 Å². The number of nitrogens with one attached hydrogen (secondary N) is 1. The highest BCUT2D eigenvalue weighted by Gasteiger charge is 2.22. The summed E-state index contributed by atoms with van der Waals surface area (Å²) in [7, 11) is 1.60. The van der Waals surface area contributed by atoms with E-state index in [4.69, 9.17) is 28.7 Å². The van der Waals surface area contributed by atoms with E-state index in [0.717, 1.165) is 24.3 Å². The molecule has 1 saturated heterocycles. The molecule has 0 unspecified atom stereocenters. The SMILES string of the molecule is CCOc1cc(N2CCOCC2)c(OCC)cc1NC(=O)COC(=O)c1cc(-c2ccc(OC)cc2)nc2ccccc12. The second-order valence-corrected chi connectivity index (χ2v) is 9.71. The van der Waals surface area contributed by atoms with Gasteiger partial charge in [-0.25, -0.2) is 9.78 Å². The summed E-state index contributed by atoms with van der Waals surface area (Å²) in [6.45, 7) is 6.82. The number of carbonyl (C=O) groups is 2. The number of methoxy groups -OCH3 is 1. The predicted molar refractivity (Wildman–Crippen MR) is 164 cm³/mol. The third-order valence-corrected chi connectivity index (χ3v) is 6.94. The van der Waals surface area contributed by atoms with Gasteiger partial charge in [0.1, 0.15) is 17.2 Å². The van der Waals surface area contributed by atoms with Gasteiger partial charge >= 0.3 is 5.97 Å². The first kappa shape index (κ1) is 29.7. The topological polar surface area (TPSA) is 108 Å². The minimum Gasteiger partial charge on any atom is -0.497 e. The third kappa shape index (κ3) is 6.98. The number of para-hydroxylation sites is 1. The molecular formula is C33H35N3O7. The molecule has 4 aromatic rings. The van der Waals surface area contributed by atoms with Gasteiger partial charge in [-0.2, -0.15) is 0 Å². The molecular weight excluding hydrogens is 550 g/mol. The summed E-state index contributed by atoms with van der Waals surface area (Å²) in [6, 6.07) is 20.0. The molecule has 0 bridgehead atoms. The Morgan fingerprint density at radius 1 is 0.930 bits per heavy atom. The molecule has 10 heteroatoms. The minimum absolute atomic E-state index is 0.313. The van der Waals surface area contributed by atoms with Crippen molar-refractivity contribution in [1.82, 2.24) is 4.98 Å². The van der Waals surface area contributed by atoms with Crippen molar-refractivity contribution >= 4 is 34.2 Å². The highest BCUT2D eigenvalue weighted by Crippen LogP contribution is 2.39. The van der Waals surface area contributed by atoms with Crippen LogP contribution in [0.15, 0.2) is 66.7 Å². The van der Waals surface area contributed by atoms with Gasteiger partial charge in [0.2, 0.25) is 0 Å². The zero-order chi connectivity index (χ0) is 30.2. The molecule has 0 atom stereocenters. The zero-order valence-corrected chi connectivity index (χ0v) is 24.6. The number of rotatable bonds is 11. The van der Waals surface area contributed by atoms with Crippen molar-refractivity contribution in [2.45, 2.75) is 13.8 Å². The lowest BCUT2D eigenvalue weighted by atomic mass is 10.0. The summed E-state index contributed by atoms with van der Waals surface area (Å²) in [4.78, 5) is 33.2. The molecule has 1 N–H and O–H groups in total. The maximum Gasteiger partial charge on any atom is 0.339 e. The average molecular weight is 586 g/mol. The van der Waals surface area contributed by atoms with E-state index in [1.807, 2.05) is 62.4 Å². The van der Waals surface area contributed by atoms with Gasteiger partial charge in [0, 0.05) is 36.2 Å². The van der Waals surface area contributed by atoms with E-state index in [9.17, 15) is 9.59 Å². The quantitative estimate of drug-likeness (QED) is 0.233. The van der Waals surface area contributed by atoms with Crippen LogP contribution in [0.5, 0.6) is 17.2 Å². The first-order chi connectivity index (χ1) is 21.0. The summed E-state index contributed by atoms with van der Waals surface area (Å²) in [6.07, 6.45) is 0.